The van der Waals surface area contributed by atoms with Crippen LogP contribution >= 0.6 is 41.2 Å². The molecule has 0 fully saturated rings. The zero-order valence-electron chi connectivity index (χ0n) is 17.2. The molecule has 26 heavy (non-hydrogen) atoms. The Hall–Kier alpha value is 1.67. The first-order valence-corrected chi connectivity index (χ1v) is 18.1. The summed E-state index contributed by atoms with van der Waals surface area (Å²) >= 11 is 0. The predicted molar refractivity (Wildman–Crippen MR) is 129 cm³/mol. The first-order valence-electron chi connectivity index (χ1n) is 9.69. The molecule has 4 atom stereocenters. The Bertz CT molecular complexity index is 281. The van der Waals surface area contributed by atoms with Crippen LogP contribution in [0, 0.1) is 0 Å². The topological polar surface area (TPSA) is 36.9 Å². The van der Waals surface area contributed by atoms with Crippen LogP contribution in [0.1, 0.15) is 54.4 Å². The van der Waals surface area contributed by atoms with Crippen LogP contribution in [-0.2, 0) is 17.7 Å². The molecule has 0 N–H and O–H groups in total. The van der Waals surface area contributed by atoms with Gasteiger partial charge >= 0.3 is 18.6 Å². The normalized spacial score (nSPS) is 16.4. The van der Waals surface area contributed by atoms with Gasteiger partial charge in [-0.25, -0.2) is 0 Å². The third-order valence-corrected chi connectivity index (χ3v) is 16.0. The predicted octanol–water partition coefficient (Wildman–Crippen LogP) is 5.81. The fourth-order valence-corrected chi connectivity index (χ4v) is 14.6. The first-order chi connectivity index (χ1) is 12.6. The van der Waals surface area contributed by atoms with E-state index in [1.54, 1.807) is 0 Å². The minimum atomic E-state index is -1.50. The van der Waals surface area contributed by atoms with E-state index in [4.69, 9.17) is 17.7 Å². The van der Waals surface area contributed by atoms with Crippen molar-refractivity contribution in [2.45, 2.75) is 77.0 Å². The molecule has 0 aliphatic carbocycles. The molecule has 0 rings (SSSR count). The molecular weight excluding hydrogens is 441 g/mol. The van der Waals surface area contributed by atoms with Crippen molar-refractivity contribution in [1.29, 1.82) is 0 Å². The Morgan fingerprint density at radius 1 is 0.654 bits per heavy atom. The van der Waals surface area contributed by atoms with Crippen LogP contribution in [-0.4, -0.2) is 55.5 Å². The molecule has 0 heterocycles. The highest BCUT2D eigenvalue weighted by Gasteiger charge is 2.20. The third-order valence-electron chi connectivity index (χ3n) is 3.20. The van der Waals surface area contributed by atoms with Crippen LogP contribution in [0.2, 0.25) is 12.1 Å². The highest BCUT2D eigenvalue weighted by molar-refractivity contribution is 9.26. The largest absolute Gasteiger partial charge is 0.397 e. The van der Waals surface area contributed by atoms with Gasteiger partial charge in [0.05, 0.1) is 0 Å². The maximum atomic E-state index is 5.90. The van der Waals surface area contributed by atoms with Crippen LogP contribution in [0.15, 0.2) is 0 Å². The van der Waals surface area contributed by atoms with E-state index < -0.39 is 18.6 Å². The van der Waals surface area contributed by atoms with Gasteiger partial charge in [0.2, 0.25) is 0 Å². The molecule has 158 valence electrons. The molecule has 4 unspecified atom stereocenters. The minimum Gasteiger partial charge on any atom is -0.397 e. The SMILES string of the molecule is CCCO[SiH](CC(C)SSSSC(C)C[SiH](OCC)OCCC)OCC. The van der Waals surface area contributed by atoms with E-state index in [1.165, 1.54) is 0 Å². The molecule has 0 saturated heterocycles. The van der Waals surface area contributed by atoms with Gasteiger partial charge in [-0.2, -0.15) is 0 Å². The average molecular weight is 479 g/mol. The van der Waals surface area contributed by atoms with E-state index in [1.807, 2.05) is 41.2 Å². The van der Waals surface area contributed by atoms with E-state index in [0.717, 1.165) is 51.4 Å². The summed E-state index contributed by atoms with van der Waals surface area (Å²) in [6.07, 6.45) is 2.12. The van der Waals surface area contributed by atoms with Crippen molar-refractivity contribution in [2.24, 2.45) is 0 Å². The van der Waals surface area contributed by atoms with Crippen LogP contribution in [0.3, 0.4) is 0 Å². The molecule has 0 aliphatic heterocycles. The van der Waals surface area contributed by atoms with E-state index in [-0.39, 0.29) is 0 Å². The molecule has 0 amide bonds. The van der Waals surface area contributed by atoms with E-state index in [0.29, 0.717) is 10.5 Å². The van der Waals surface area contributed by atoms with E-state index in [2.05, 4.69) is 41.5 Å². The van der Waals surface area contributed by atoms with Crippen LogP contribution < -0.4 is 0 Å². The van der Waals surface area contributed by atoms with E-state index >= 15 is 0 Å². The van der Waals surface area contributed by atoms with Gasteiger partial charge < -0.3 is 17.7 Å². The molecular formula is C16H38O4S4Si2. The average Bonchev–Trinajstić information content (AvgIpc) is 2.61. The van der Waals surface area contributed by atoms with Crippen LogP contribution in [0.4, 0.5) is 0 Å². The van der Waals surface area contributed by atoms with Crippen molar-refractivity contribution >= 4 is 59.8 Å². The van der Waals surface area contributed by atoms with Gasteiger partial charge in [-0.1, -0.05) is 49.3 Å². The molecule has 0 aromatic heterocycles. The van der Waals surface area contributed by atoms with Crippen LogP contribution in [0.25, 0.3) is 0 Å². The summed E-state index contributed by atoms with van der Waals surface area (Å²) in [5, 5.41) is 1.11. The number of hydrogen-bond donors (Lipinski definition) is 0. The van der Waals surface area contributed by atoms with Gasteiger partial charge in [-0.15, -0.1) is 0 Å². The summed E-state index contributed by atoms with van der Waals surface area (Å²) in [6, 6.07) is 2.13. The van der Waals surface area contributed by atoms with Gasteiger partial charge in [0.1, 0.15) is 0 Å². The van der Waals surface area contributed by atoms with Gasteiger partial charge in [0, 0.05) is 49.0 Å². The Labute approximate surface area is 180 Å². The van der Waals surface area contributed by atoms with Gasteiger partial charge in [0.25, 0.3) is 0 Å². The lowest BCUT2D eigenvalue weighted by Crippen LogP contribution is -2.26. The van der Waals surface area contributed by atoms with Crippen molar-refractivity contribution in [1.82, 2.24) is 0 Å². The lowest BCUT2D eigenvalue weighted by molar-refractivity contribution is 0.204. The van der Waals surface area contributed by atoms with Crippen molar-refractivity contribution in [2.75, 3.05) is 26.4 Å². The molecule has 0 saturated carbocycles. The Kier molecular flexibility index (Phi) is 21.3. The summed E-state index contributed by atoms with van der Waals surface area (Å²) in [4.78, 5) is 0. The molecule has 10 heteroatoms. The molecule has 0 radical (unpaired) electrons. The standard InChI is InChI=1S/C16H38O4S4Si2/c1-7-11-19-25(17-9-3)13-15(5)21-23-24-22-16(6)14-26(18-10-4)20-12-8-2/h15-16,25-26H,7-14H2,1-6H3. The van der Waals surface area contributed by atoms with Crippen molar-refractivity contribution in [3.05, 3.63) is 0 Å². The second-order valence-electron chi connectivity index (χ2n) is 5.93. The smallest absolute Gasteiger partial charge is 0.322 e. The van der Waals surface area contributed by atoms with Gasteiger partial charge in [-0.3, -0.25) is 0 Å². The molecule has 0 spiro atoms. The summed E-state index contributed by atoms with van der Waals surface area (Å²) < 4.78 is 23.4. The molecule has 0 aliphatic rings. The quantitative estimate of drug-likeness (QED) is 0.131. The second kappa shape index (κ2) is 20.0. The Balaban J connectivity index is 3.92. The Morgan fingerprint density at radius 3 is 1.35 bits per heavy atom. The second-order valence-corrected chi connectivity index (χ2v) is 16.6. The van der Waals surface area contributed by atoms with Gasteiger partial charge in [-0.05, 0) is 46.3 Å². The fraction of sp³-hybridized carbons (Fsp3) is 1.00. The summed E-state index contributed by atoms with van der Waals surface area (Å²) in [7, 11) is 4.61. The van der Waals surface area contributed by atoms with Crippen molar-refractivity contribution in [3.8, 4) is 0 Å². The summed E-state index contributed by atoms with van der Waals surface area (Å²) in [5.41, 5.74) is 0. The highest BCUT2D eigenvalue weighted by Crippen LogP contribution is 2.48. The maximum absolute atomic E-state index is 5.90. The lowest BCUT2D eigenvalue weighted by atomic mass is 10.5. The number of rotatable bonds is 19. The number of hydrogen-bond acceptors (Lipinski definition) is 8. The maximum Gasteiger partial charge on any atom is 0.322 e. The summed E-state index contributed by atoms with van der Waals surface area (Å²) in [6.45, 7) is 16.1. The van der Waals surface area contributed by atoms with Crippen molar-refractivity contribution in [3.63, 3.8) is 0 Å². The zero-order chi connectivity index (χ0) is 19.6. The zero-order valence-corrected chi connectivity index (χ0v) is 22.8. The fourth-order valence-electron chi connectivity index (χ4n) is 2.03. The molecule has 0 aromatic rings. The first kappa shape index (κ1) is 27.7. The third kappa shape index (κ3) is 16.6. The highest BCUT2D eigenvalue weighted by atomic mass is 33.7. The minimum absolute atomic E-state index is 0.557. The van der Waals surface area contributed by atoms with Crippen LogP contribution in [0.5, 0.6) is 0 Å². The lowest BCUT2D eigenvalue weighted by Gasteiger charge is -2.20. The van der Waals surface area contributed by atoms with Crippen molar-refractivity contribution < 1.29 is 17.7 Å². The molecule has 4 nitrogen and oxygen atoms in total. The molecule has 0 bridgehead atoms. The Morgan fingerprint density at radius 2 is 1.04 bits per heavy atom. The molecule has 0 aromatic carbocycles. The van der Waals surface area contributed by atoms with E-state index in [9.17, 15) is 0 Å². The summed E-state index contributed by atoms with van der Waals surface area (Å²) in [5.74, 6) is 0. The van der Waals surface area contributed by atoms with Gasteiger partial charge in [0.15, 0.2) is 0 Å². The monoisotopic (exact) mass is 478 g/mol.